The lowest BCUT2D eigenvalue weighted by Gasteiger charge is -2.26. The predicted octanol–water partition coefficient (Wildman–Crippen LogP) is 2.59. The molecule has 25 heavy (non-hydrogen) atoms. The number of nitrogens with zero attached hydrogens (tertiary/aromatic N) is 3. The highest BCUT2D eigenvalue weighted by Gasteiger charge is 2.09. The summed E-state index contributed by atoms with van der Waals surface area (Å²) in [6.45, 7) is 5.61. The zero-order valence-corrected chi connectivity index (χ0v) is 14.8. The van der Waals surface area contributed by atoms with E-state index in [1.807, 2.05) is 18.3 Å². The summed E-state index contributed by atoms with van der Waals surface area (Å²) in [6, 6.07) is 5.46. The Balaban J connectivity index is 1.57. The third kappa shape index (κ3) is 4.98. The number of hydrogen-bond acceptors (Lipinski definition) is 6. The molecule has 0 bridgehead atoms. The molecule has 0 aromatic carbocycles. The first-order valence-corrected chi connectivity index (χ1v) is 8.81. The van der Waals surface area contributed by atoms with Gasteiger partial charge in [0.25, 0.3) is 0 Å². The first-order valence-electron chi connectivity index (χ1n) is 8.43. The molecule has 0 unspecified atom stereocenters. The van der Waals surface area contributed by atoms with Gasteiger partial charge in [-0.15, -0.1) is 0 Å². The van der Waals surface area contributed by atoms with E-state index in [1.165, 1.54) is 6.21 Å². The number of fused-ring (bicyclic) bond motifs is 1. The highest BCUT2D eigenvalue weighted by Crippen LogP contribution is 2.18. The molecule has 0 amide bonds. The van der Waals surface area contributed by atoms with E-state index >= 15 is 0 Å². The van der Waals surface area contributed by atoms with E-state index in [-0.39, 0.29) is 0 Å². The van der Waals surface area contributed by atoms with Gasteiger partial charge in [0.15, 0.2) is 0 Å². The molecule has 3 heterocycles. The van der Waals surface area contributed by atoms with Crippen LogP contribution < -0.4 is 5.32 Å². The Morgan fingerprint density at radius 3 is 2.96 bits per heavy atom. The van der Waals surface area contributed by atoms with Crippen molar-refractivity contribution in [3.05, 3.63) is 41.3 Å². The Hall–Kier alpha value is -2.02. The molecule has 3 rings (SSSR count). The van der Waals surface area contributed by atoms with Gasteiger partial charge in [-0.3, -0.25) is 9.88 Å². The highest BCUT2D eigenvalue weighted by molar-refractivity contribution is 6.29. The van der Waals surface area contributed by atoms with Gasteiger partial charge in [0.05, 0.1) is 24.2 Å². The number of aromatic nitrogens is 2. The number of morpholine rings is 1. The fourth-order valence-corrected chi connectivity index (χ4v) is 2.91. The second kappa shape index (κ2) is 8.89. The quantitative estimate of drug-likeness (QED) is 0.451. The molecule has 2 aromatic rings. The molecular formula is C18H22ClN5O. The minimum absolute atomic E-state index is 0.438. The minimum Gasteiger partial charge on any atom is -0.390 e. The van der Waals surface area contributed by atoms with Gasteiger partial charge in [-0.25, -0.2) is 4.98 Å². The second-order valence-corrected chi connectivity index (χ2v) is 6.29. The Morgan fingerprint density at radius 2 is 2.16 bits per heavy atom. The summed E-state index contributed by atoms with van der Waals surface area (Å²) in [5, 5.41) is 11.4. The number of nitrogens with one attached hydrogen (secondary N) is 2. The first-order chi connectivity index (χ1) is 12.3. The van der Waals surface area contributed by atoms with Gasteiger partial charge in [-0.1, -0.05) is 11.6 Å². The monoisotopic (exact) mass is 359 g/mol. The van der Waals surface area contributed by atoms with Crippen molar-refractivity contribution in [3.8, 4) is 0 Å². The average molecular weight is 360 g/mol. The van der Waals surface area contributed by atoms with Crippen molar-refractivity contribution in [2.75, 3.05) is 39.4 Å². The Bertz CT molecular complexity index is 758. The lowest BCUT2D eigenvalue weighted by atomic mass is 10.1. The van der Waals surface area contributed by atoms with E-state index < -0.39 is 0 Å². The molecule has 0 atom stereocenters. The molecule has 1 fully saturated rings. The molecule has 7 heteroatoms. The molecule has 2 aromatic heterocycles. The summed E-state index contributed by atoms with van der Waals surface area (Å²) in [5.74, 6) is 0. The van der Waals surface area contributed by atoms with Crippen LogP contribution in [-0.2, 0) is 4.74 Å². The second-order valence-electron chi connectivity index (χ2n) is 5.90. The summed E-state index contributed by atoms with van der Waals surface area (Å²) < 4.78 is 5.35. The van der Waals surface area contributed by atoms with Crippen molar-refractivity contribution >= 4 is 34.4 Å². The zero-order chi connectivity index (χ0) is 17.5. The van der Waals surface area contributed by atoms with Crippen molar-refractivity contribution in [1.82, 2.24) is 20.2 Å². The van der Waals surface area contributed by atoms with E-state index in [9.17, 15) is 0 Å². The van der Waals surface area contributed by atoms with Gasteiger partial charge in [-0.2, -0.15) is 0 Å². The fourth-order valence-electron chi connectivity index (χ4n) is 2.76. The molecule has 6 nitrogen and oxygen atoms in total. The van der Waals surface area contributed by atoms with Crippen molar-refractivity contribution in [2.45, 2.75) is 6.42 Å². The average Bonchev–Trinajstić information content (AvgIpc) is 2.65. The van der Waals surface area contributed by atoms with E-state index in [0.717, 1.165) is 68.0 Å². The van der Waals surface area contributed by atoms with Crippen molar-refractivity contribution in [3.63, 3.8) is 0 Å². The molecule has 0 spiro atoms. The van der Waals surface area contributed by atoms with E-state index in [0.29, 0.717) is 5.15 Å². The largest absolute Gasteiger partial charge is 0.390 e. The number of ether oxygens (including phenoxy) is 1. The van der Waals surface area contributed by atoms with Gasteiger partial charge in [-0.05, 0) is 31.2 Å². The van der Waals surface area contributed by atoms with Crippen LogP contribution in [0.15, 0.2) is 30.6 Å². The van der Waals surface area contributed by atoms with Crippen LogP contribution in [0.4, 0.5) is 0 Å². The van der Waals surface area contributed by atoms with Crippen LogP contribution >= 0.6 is 11.6 Å². The summed E-state index contributed by atoms with van der Waals surface area (Å²) in [4.78, 5) is 11.1. The number of pyridine rings is 2. The SMILES string of the molecule is N=C/C(=C\NCCCN1CCOCC1)c1cnc2ccc(Cl)nc2c1. The summed E-state index contributed by atoms with van der Waals surface area (Å²) in [7, 11) is 0. The van der Waals surface area contributed by atoms with Gasteiger partial charge in [0, 0.05) is 49.4 Å². The molecule has 1 aliphatic heterocycles. The van der Waals surface area contributed by atoms with Crippen molar-refractivity contribution < 1.29 is 4.74 Å². The maximum atomic E-state index is 7.66. The minimum atomic E-state index is 0.438. The Kier molecular flexibility index (Phi) is 6.33. The lowest BCUT2D eigenvalue weighted by molar-refractivity contribution is 0.0375. The third-order valence-electron chi connectivity index (χ3n) is 4.15. The zero-order valence-electron chi connectivity index (χ0n) is 14.0. The third-order valence-corrected chi connectivity index (χ3v) is 4.36. The summed E-state index contributed by atoms with van der Waals surface area (Å²) in [5.41, 5.74) is 3.13. The highest BCUT2D eigenvalue weighted by atomic mass is 35.5. The van der Waals surface area contributed by atoms with Gasteiger partial charge in [0.1, 0.15) is 5.15 Å². The van der Waals surface area contributed by atoms with Crippen molar-refractivity contribution in [2.24, 2.45) is 0 Å². The maximum Gasteiger partial charge on any atom is 0.129 e. The number of halogens is 1. The molecule has 1 aliphatic rings. The topological polar surface area (TPSA) is 74.1 Å². The standard InChI is InChI=1S/C18H22ClN5O/c19-18-3-2-16-17(23-18)10-14(13-22-16)15(11-20)12-21-4-1-5-24-6-8-25-9-7-24/h2-3,10-13,20-21H,1,4-9H2/b15-12+,20-11?. The van der Waals surface area contributed by atoms with Crippen LogP contribution in [0.5, 0.6) is 0 Å². The first kappa shape index (κ1) is 17.8. The summed E-state index contributed by atoms with van der Waals surface area (Å²) in [6.07, 6.45) is 5.99. The van der Waals surface area contributed by atoms with Gasteiger partial charge >= 0.3 is 0 Å². The normalized spacial score (nSPS) is 16.1. The number of allylic oxidation sites excluding steroid dienone is 1. The lowest BCUT2D eigenvalue weighted by Crippen LogP contribution is -2.37. The van der Waals surface area contributed by atoms with Crippen LogP contribution in [0.3, 0.4) is 0 Å². The smallest absolute Gasteiger partial charge is 0.129 e. The molecule has 2 N–H and O–H groups in total. The van der Waals surface area contributed by atoms with Crippen LogP contribution in [0.25, 0.3) is 16.6 Å². The predicted molar refractivity (Wildman–Crippen MR) is 101 cm³/mol. The van der Waals surface area contributed by atoms with Crippen molar-refractivity contribution in [1.29, 1.82) is 5.41 Å². The number of rotatable bonds is 7. The molecule has 0 radical (unpaired) electrons. The molecule has 0 aliphatic carbocycles. The Labute approximate surface area is 152 Å². The van der Waals surface area contributed by atoms with Gasteiger partial charge in [0.2, 0.25) is 0 Å². The summed E-state index contributed by atoms with van der Waals surface area (Å²) >= 11 is 5.94. The molecule has 1 saturated heterocycles. The van der Waals surface area contributed by atoms with E-state index in [2.05, 4.69) is 20.2 Å². The fraction of sp³-hybridized carbons (Fsp3) is 0.389. The number of hydrogen-bond donors (Lipinski definition) is 2. The van der Waals surface area contributed by atoms with Crippen LogP contribution in [0.1, 0.15) is 12.0 Å². The van der Waals surface area contributed by atoms with E-state index in [4.69, 9.17) is 21.7 Å². The maximum absolute atomic E-state index is 7.66. The van der Waals surface area contributed by atoms with Crippen LogP contribution in [0, 0.1) is 5.41 Å². The van der Waals surface area contributed by atoms with Crippen LogP contribution in [-0.4, -0.2) is 60.5 Å². The molecule has 0 saturated carbocycles. The molecular weight excluding hydrogens is 338 g/mol. The van der Waals surface area contributed by atoms with Gasteiger partial charge < -0.3 is 15.5 Å². The van der Waals surface area contributed by atoms with Crippen LogP contribution in [0.2, 0.25) is 5.15 Å². The Morgan fingerprint density at radius 1 is 1.32 bits per heavy atom. The molecule has 132 valence electrons. The van der Waals surface area contributed by atoms with E-state index in [1.54, 1.807) is 12.3 Å².